The number of amides is 2. The number of aryl methyl sites for hydroxylation is 2. The molecule has 28 heavy (non-hydrogen) atoms. The summed E-state index contributed by atoms with van der Waals surface area (Å²) in [7, 11) is 0. The van der Waals surface area contributed by atoms with Crippen molar-refractivity contribution < 1.29 is 9.59 Å². The number of carbonyl (C=O) groups excluding carboxylic acids is 2. The fourth-order valence-corrected chi connectivity index (χ4v) is 4.61. The van der Waals surface area contributed by atoms with Gasteiger partial charge in [0.1, 0.15) is 5.69 Å². The first-order valence-electron chi connectivity index (χ1n) is 10.9. The topological polar surface area (TPSA) is 68.4 Å². The van der Waals surface area contributed by atoms with Crippen molar-refractivity contribution in [2.45, 2.75) is 65.3 Å². The predicted molar refractivity (Wildman–Crippen MR) is 111 cm³/mol. The average Bonchev–Trinajstić information content (AvgIpc) is 3.01. The summed E-state index contributed by atoms with van der Waals surface area (Å²) in [6, 6.07) is 2.65. The summed E-state index contributed by atoms with van der Waals surface area (Å²) in [5.74, 6) is 0.624. The summed E-state index contributed by atoms with van der Waals surface area (Å²) in [6.45, 7) is 10.5. The van der Waals surface area contributed by atoms with Gasteiger partial charge in [0.05, 0.1) is 0 Å². The van der Waals surface area contributed by atoms with Gasteiger partial charge in [-0.15, -0.1) is 0 Å². The van der Waals surface area contributed by atoms with Gasteiger partial charge in [0.2, 0.25) is 5.91 Å². The lowest BCUT2D eigenvalue weighted by Crippen LogP contribution is -2.43. The van der Waals surface area contributed by atoms with Crippen LogP contribution in [0.25, 0.3) is 0 Å². The number of nitrogens with zero attached hydrogens (tertiary/aromatic N) is 2. The molecule has 0 aromatic carbocycles. The monoisotopic (exact) mass is 388 g/mol. The number of likely N-dealkylation sites (tertiary alicyclic amines) is 2. The van der Waals surface area contributed by atoms with Crippen LogP contribution in [0.1, 0.15) is 67.2 Å². The van der Waals surface area contributed by atoms with Gasteiger partial charge < -0.3 is 15.2 Å². The van der Waals surface area contributed by atoms with Crippen molar-refractivity contribution >= 4 is 11.8 Å². The Balaban J connectivity index is 1.36. The minimum Gasteiger partial charge on any atom is -0.355 e. The zero-order valence-corrected chi connectivity index (χ0v) is 17.7. The van der Waals surface area contributed by atoms with Crippen molar-refractivity contribution in [1.29, 1.82) is 0 Å². The van der Waals surface area contributed by atoms with Crippen LogP contribution in [0.4, 0.5) is 0 Å². The van der Waals surface area contributed by atoms with E-state index in [0.29, 0.717) is 24.1 Å². The molecule has 1 unspecified atom stereocenters. The highest BCUT2D eigenvalue weighted by Gasteiger charge is 2.26. The third-order valence-corrected chi connectivity index (χ3v) is 6.40. The van der Waals surface area contributed by atoms with Gasteiger partial charge >= 0.3 is 0 Å². The predicted octanol–water partition coefficient (Wildman–Crippen LogP) is 2.86. The van der Waals surface area contributed by atoms with E-state index in [1.165, 1.54) is 19.3 Å². The summed E-state index contributed by atoms with van der Waals surface area (Å²) in [6.07, 6.45) is 6.26. The largest absolute Gasteiger partial charge is 0.355 e. The van der Waals surface area contributed by atoms with Gasteiger partial charge in [0.25, 0.3) is 5.91 Å². The average molecular weight is 389 g/mol. The molecule has 6 heteroatoms. The molecule has 0 saturated carbocycles. The minimum absolute atomic E-state index is 0.0872. The Morgan fingerprint density at radius 1 is 1.14 bits per heavy atom. The van der Waals surface area contributed by atoms with Crippen molar-refractivity contribution in [3.63, 3.8) is 0 Å². The lowest BCUT2D eigenvalue weighted by Gasteiger charge is -2.33. The van der Waals surface area contributed by atoms with E-state index in [4.69, 9.17) is 0 Å². The summed E-state index contributed by atoms with van der Waals surface area (Å²) in [5, 5.41) is 3.10. The number of hydrogen-bond donors (Lipinski definition) is 2. The van der Waals surface area contributed by atoms with Crippen LogP contribution in [-0.4, -0.2) is 65.4 Å². The molecular weight excluding hydrogens is 352 g/mol. The third-order valence-electron chi connectivity index (χ3n) is 6.40. The Labute approximate surface area is 169 Å². The molecule has 1 atom stereocenters. The van der Waals surface area contributed by atoms with E-state index >= 15 is 0 Å². The van der Waals surface area contributed by atoms with Crippen LogP contribution in [-0.2, 0) is 4.79 Å². The third kappa shape index (κ3) is 5.37. The van der Waals surface area contributed by atoms with Gasteiger partial charge in [-0.2, -0.15) is 0 Å². The van der Waals surface area contributed by atoms with Crippen LogP contribution in [0.15, 0.2) is 6.07 Å². The molecule has 2 aliphatic heterocycles. The minimum atomic E-state index is 0.0872. The van der Waals surface area contributed by atoms with Crippen LogP contribution in [0.2, 0.25) is 0 Å². The fraction of sp³-hybridized carbons (Fsp3) is 0.727. The Morgan fingerprint density at radius 3 is 2.54 bits per heavy atom. The Hall–Kier alpha value is -1.82. The van der Waals surface area contributed by atoms with Gasteiger partial charge in [0.15, 0.2) is 0 Å². The first-order chi connectivity index (χ1) is 13.4. The van der Waals surface area contributed by atoms with Gasteiger partial charge in [-0.1, -0.05) is 6.42 Å². The van der Waals surface area contributed by atoms with Crippen LogP contribution in [0.5, 0.6) is 0 Å². The second-order valence-electron chi connectivity index (χ2n) is 8.68. The zero-order chi connectivity index (χ0) is 20.1. The Morgan fingerprint density at radius 2 is 1.89 bits per heavy atom. The van der Waals surface area contributed by atoms with Crippen molar-refractivity contribution in [3.05, 3.63) is 23.0 Å². The molecule has 2 amide bonds. The summed E-state index contributed by atoms with van der Waals surface area (Å²) < 4.78 is 0. The number of carbonyl (C=O) groups is 2. The van der Waals surface area contributed by atoms with E-state index < -0.39 is 0 Å². The Kier molecular flexibility index (Phi) is 7.16. The van der Waals surface area contributed by atoms with Crippen molar-refractivity contribution in [1.82, 2.24) is 20.1 Å². The number of nitrogens with one attached hydrogen (secondary N) is 2. The molecule has 2 saturated heterocycles. The van der Waals surface area contributed by atoms with E-state index in [1.807, 2.05) is 24.8 Å². The molecule has 2 N–H and O–H groups in total. The van der Waals surface area contributed by atoms with Crippen LogP contribution < -0.4 is 5.32 Å². The molecule has 2 fully saturated rings. The highest BCUT2D eigenvalue weighted by Crippen LogP contribution is 2.23. The smallest absolute Gasteiger partial charge is 0.270 e. The summed E-state index contributed by atoms with van der Waals surface area (Å²) in [4.78, 5) is 32.6. The maximum Gasteiger partial charge on any atom is 0.270 e. The number of hydrogen-bond acceptors (Lipinski definition) is 3. The van der Waals surface area contributed by atoms with Crippen LogP contribution in [0, 0.1) is 19.8 Å². The lowest BCUT2D eigenvalue weighted by atomic mass is 9.93. The first-order valence-corrected chi connectivity index (χ1v) is 10.9. The van der Waals surface area contributed by atoms with Gasteiger partial charge in [0, 0.05) is 44.3 Å². The lowest BCUT2D eigenvalue weighted by molar-refractivity contribution is -0.122. The standard InChI is InChI=1S/C22H36N4O2/c1-16-14-17(2)24-21(16)22(28)26-11-7-19(8-12-26)15-20(27)23-9-13-25-10-5-4-6-18(25)3/h14,18-19,24H,4-13,15H2,1-3H3,(H,23,27). The van der Waals surface area contributed by atoms with Crippen molar-refractivity contribution in [3.8, 4) is 0 Å². The van der Waals surface area contributed by atoms with E-state index in [-0.39, 0.29) is 11.8 Å². The molecule has 0 radical (unpaired) electrons. The summed E-state index contributed by atoms with van der Waals surface area (Å²) >= 11 is 0. The van der Waals surface area contributed by atoms with E-state index in [9.17, 15) is 9.59 Å². The van der Waals surface area contributed by atoms with Crippen molar-refractivity contribution in [2.75, 3.05) is 32.7 Å². The van der Waals surface area contributed by atoms with Crippen LogP contribution in [0.3, 0.4) is 0 Å². The highest BCUT2D eigenvalue weighted by molar-refractivity contribution is 5.94. The van der Waals surface area contributed by atoms with Gasteiger partial charge in [-0.3, -0.25) is 14.5 Å². The molecule has 1 aromatic heterocycles. The van der Waals surface area contributed by atoms with Crippen LogP contribution >= 0.6 is 0 Å². The highest BCUT2D eigenvalue weighted by atomic mass is 16.2. The maximum absolute atomic E-state index is 12.7. The van der Waals surface area contributed by atoms with Gasteiger partial charge in [-0.25, -0.2) is 0 Å². The molecule has 3 rings (SSSR count). The molecule has 0 bridgehead atoms. The molecule has 156 valence electrons. The number of H-pyrrole nitrogens is 1. The normalized spacial score (nSPS) is 21.7. The molecular formula is C22H36N4O2. The summed E-state index contributed by atoms with van der Waals surface area (Å²) in [5.41, 5.74) is 2.74. The molecule has 3 heterocycles. The quantitative estimate of drug-likeness (QED) is 0.787. The van der Waals surface area contributed by atoms with Crippen molar-refractivity contribution in [2.24, 2.45) is 5.92 Å². The van der Waals surface area contributed by atoms with Gasteiger partial charge in [-0.05, 0) is 70.5 Å². The molecule has 1 aromatic rings. The van der Waals surface area contributed by atoms with E-state index in [0.717, 1.165) is 56.8 Å². The van der Waals surface area contributed by atoms with E-state index in [2.05, 4.69) is 22.1 Å². The number of aromatic nitrogens is 1. The molecule has 2 aliphatic rings. The SMILES string of the molecule is Cc1cc(C)c(C(=O)N2CCC(CC(=O)NCCN3CCCCC3C)CC2)[nH]1. The number of piperidine rings is 2. The molecule has 0 spiro atoms. The zero-order valence-electron chi connectivity index (χ0n) is 17.7. The second kappa shape index (κ2) is 9.59. The number of aromatic amines is 1. The number of rotatable bonds is 6. The molecule has 0 aliphatic carbocycles. The Bertz CT molecular complexity index is 676. The molecule has 6 nitrogen and oxygen atoms in total. The fourth-order valence-electron chi connectivity index (χ4n) is 4.61. The first kappa shape index (κ1) is 20.9. The van der Waals surface area contributed by atoms with E-state index in [1.54, 1.807) is 0 Å². The second-order valence-corrected chi connectivity index (χ2v) is 8.68. The maximum atomic E-state index is 12.7.